The highest BCUT2D eigenvalue weighted by molar-refractivity contribution is 8.13. The first-order chi connectivity index (χ1) is 16.9. The summed E-state index contributed by atoms with van der Waals surface area (Å²) in [5.74, 6) is 0.534. The molecule has 1 unspecified atom stereocenters. The molecule has 0 spiro atoms. The van der Waals surface area contributed by atoms with E-state index < -0.39 is 13.2 Å². The standard InChI is InChI=1S/C22H28N5O6PS/c23-22-25-19-18(20(28)26-22)24-14-27(19)9-10-31-15-34(30,33-13-16-5-2-1-3-6-16)32-11-12-35-21(29)17-7-4-8-17/h1-3,5-6,14,17H,4,7-13,15H2,(H3,23,25,26,28). The summed E-state index contributed by atoms with van der Waals surface area (Å²) in [5, 5.41) is 0.164. The van der Waals surface area contributed by atoms with Crippen molar-refractivity contribution in [2.24, 2.45) is 5.92 Å². The Bertz CT molecular complexity index is 1250. The average molecular weight is 522 g/mol. The van der Waals surface area contributed by atoms with E-state index in [-0.39, 0.29) is 48.7 Å². The molecular formula is C22H28N5O6PS. The predicted molar refractivity (Wildman–Crippen MR) is 133 cm³/mol. The van der Waals surface area contributed by atoms with Crippen molar-refractivity contribution in [1.82, 2.24) is 19.5 Å². The zero-order valence-corrected chi connectivity index (χ0v) is 20.8. The third-order valence-electron chi connectivity index (χ3n) is 5.54. The van der Waals surface area contributed by atoms with Crippen LogP contribution in [0.5, 0.6) is 0 Å². The van der Waals surface area contributed by atoms with E-state index in [0.29, 0.717) is 17.9 Å². The quantitative estimate of drug-likeness (QED) is 0.253. The van der Waals surface area contributed by atoms with Gasteiger partial charge in [-0.15, -0.1) is 0 Å². The van der Waals surface area contributed by atoms with Gasteiger partial charge in [0.1, 0.15) is 6.35 Å². The SMILES string of the molecule is Nc1nc2c(ncn2CCOCP(=O)(OCCSC(=O)C2CCC2)OCc2ccccc2)c(=O)[nH]1. The van der Waals surface area contributed by atoms with Crippen LogP contribution >= 0.6 is 19.4 Å². The Morgan fingerprint density at radius 3 is 2.77 bits per heavy atom. The Kier molecular flexibility index (Phi) is 8.74. The summed E-state index contributed by atoms with van der Waals surface area (Å²) >= 11 is 1.21. The molecular weight excluding hydrogens is 493 g/mol. The summed E-state index contributed by atoms with van der Waals surface area (Å²) in [6, 6.07) is 9.34. The number of nitrogens with two attached hydrogens (primary N) is 1. The molecule has 0 bridgehead atoms. The van der Waals surface area contributed by atoms with Gasteiger partial charge >= 0.3 is 7.60 Å². The van der Waals surface area contributed by atoms with Gasteiger partial charge in [-0.05, 0) is 18.4 Å². The van der Waals surface area contributed by atoms with Crippen LogP contribution in [0, 0.1) is 5.92 Å². The van der Waals surface area contributed by atoms with E-state index >= 15 is 0 Å². The second-order valence-electron chi connectivity index (χ2n) is 8.10. The molecule has 2 heterocycles. The Balaban J connectivity index is 1.30. The molecule has 1 aliphatic rings. The maximum atomic E-state index is 13.3. The van der Waals surface area contributed by atoms with Crippen LogP contribution in [0.1, 0.15) is 24.8 Å². The molecule has 13 heteroatoms. The summed E-state index contributed by atoms with van der Waals surface area (Å²) < 4.78 is 31.9. The number of imidazole rings is 1. The number of carbonyl (C=O) groups excluding carboxylic acids is 1. The number of hydrogen-bond donors (Lipinski definition) is 2. The van der Waals surface area contributed by atoms with Gasteiger partial charge < -0.3 is 24.1 Å². The molecule has 0 amide bonds. The van der Waals surface area contributed by atoms with Crippen molar-refractivity contribution in [2.75, 3.05) is 31.0 Å². The number of fused-ring (bicyclic) bond motifs is 1. The van der Waals surface area contributed by atoms with Crippen LogP contribution in [0.4, 0.5) is 5.95 Å². The summed E-state index contributed by atoms with van der Waals surface area (Å²) in [6.45, 7) is 0.665. The highest BCUT2D eigenvalue weighted by Gasteiger charge is 2.28. The number of rotatable bonds is 13. The molecule has 4 rings (SSSR count). The highest BCUT2D eigenvalue weighted by Crippen LogP contribution is 2.49. The molecule has 1 aliphatic carbocycles. The van der Waals surface area contributed by atoms with Crippen LogP contribution < -0.4 is 11.3 Å². The molecule has 3 N–H and O–H groups in total. The van der Waals surface area contributed by atoms with Crippen LogP contribution in [-0.4, -0.2) is 49.9 Å². The maximum Gasteiger partial charge on any atom is 0.356 e. The molecule has 1 fully saturated rings. The van der Waals surface area contributed by atoms with Crippen molar-refractivity contribution < 1.29 is 23.1 Å². The second-order valence-corrected chi connectivity index (χ2v) is 11.2. The number of nitrogens with zero attached hydrogens (tertiary/aromatic N) is 3. The van der Waals surface area contributed by atoms with E-state index in [2.05, 4.69) is 15.0 Å². The summed E-state index contributed by atoms with van der Waals surface area (Å²) in [7, 11) is -3.59. The van der Waals surface area contributed by atoms with E-state index in [4.69, 9.17) is 19.5 Å². The third kappa shape index (κ3) is 7.02. The molecule has 2 aromatic heterocycles. The number of anilines is 1. The zero-order chi connectivity index (χ0) is 24.7. The number of benzene rings is 1. The number of nitrogens with one attached hydrogen (secondary N) is 1. The molecule has 0 saturated heterocycles. The molecule has 0 radical (unpaired) electrons. The Hall–Kier alpha value is -2.50. The molecule has 1 atom stereocenters. The van der Waals surface area contributed by atoms with Gasteiger partial charge in [-0.1, -0.05) is 48.5 Å². The first kappa shape index (κ1) is 25.6. The van der Waals surface area contributed by atoms with Crippen molar-refractivity contribution in [3.05, 3.63) is 52.6 Å². The van der Waals surface area contributed by atoms with Gasteiger partial charge in [-0.3, -0.25) is 19.1 Å². The van der Waals surface area contributed by atoms with Crippen molar-refractivity contribution >= 4 is 41.6 Å². The van der Waals surface area contributed by atoms with Crippen molar-refractivity contribution in [2.45, 2.75) is 32.4 Å². The number of H-pyrrole nitrogens is 1. The fraction of sp³-hybridized carbons (Fsp3) is 0.455. The number of thioether (sulfide) groups is 1. The zero-order valence-electron chi connectivity index (χ0n) is 19.1. The minimum absolute atomic E-state index is 0.00830. The van der Waals surface area contributed by atoms with Gasteiger partial charge in [0.2, 0.25) is 5.95 Å². The molecule has 1 aromatic carbocycles. The molecule has 11 nitrogen and oxygen atoms in total. The Morgan fingerprint density at radius 2 is 2.03 bits per heavy atom. The molecule has 3 aromatic rings. The third-order valence-corrected chi connectivity index (χ3v) is 8.13. The number of carbonyl (C=O) groups is 1. The van der Waals surface area contributed by atoms with E-state index in [1.165, 1.54) is 18.1 Å². The fourth-order valence-electron chi connectivity index (χ4n) is 3.41. The predicted octanol–water partition coefficient (Wildman–Crippen LogP) is 3.16. The minimum atomic E-state index is -3.59. The topological polar surface area (TPSA) is 151 Å². The molecule has 1 saturated carbocycles. The maximum absolute atomic E-state index is 13.3. The number of nitrogen functional groups attached to an aromatic ring is 1. The van der Waals surface area contributed by atoms with E-state index in [1.54, 1.807) is 4.57 Å². The first-order valence-corrected chi connectivity index (χ1v) is 14.0. The fourth-order valence-corrected chi connectivity index (χ4v) is 5.67. The molecule has 188 valence electrons. The van der Waals surface area contributed by atoms with Crippen LogP contribution in [0.15, 0.2) is 41.5 Å². The lowest BCUT2D eigenvalue weighted by Gasteiger charge is -2.23. The first-order valence-electron chi connectivity index (χ1n) is 11.3. The van der Waals surface area contributed by atoms with Crippen molar-refractivity contribution in [3.8, 4) is 0 Å². The largest absolute Gasteiger partial charge is 0.369 e. The molecule has 0 aliphatic heterocycles. The summed E-state index contributed by atoms with van der Waals surface area (Å²) in [6.07, 6.45) is 4.20. The van der Waals surface area contributed by atoms with Gasteiger partial charge in [0, 0.05) is 18.2 Å². The van der Waals surface area contributed by atoms with Crippen LogP contribution in [-0.2, 0) is 36.3 Å². The van der Waals surface area contributed by atoms with Gasteiger partial charge in [0.05, 0.1) is 26.1 Å². The number of ether oxygens (including phenoxy) is 1. The van der Waals surface area contributed by atoms with Crippen molar-refractivity contribution in [1.29, 1.82) is 0 Å². The van der Waals surface area contributed by atoms with Crippen LogP contribution in [0.2, 0.25) is 0 Å². The lowest BCUT2D eigenvalue weighted by molar-refractivity contribution is -0.116. The highest BCUT2D eigenvalue weighted by atomic mass is 32.2. The molecule has 35 heavy (non-hydrogen) atoms. The van der Waals surface area contributed by atoms with E-state index in [9.17, 15) is 14.2 Å². The average Bonchev–Trinajstić information content (AvgIpc) is 3.21. The number of hydrogen-bond acceptors (Lipinski definition) is 10. The number of aromatic nitrogens is 4. The van der Waals surface area contributed by atoms with Crippen LogP contribution in [0.3, 0.4) is 0 Å². The summed E-state index contributed by atoms with van der Waals surface area (Å²) in [4.78, 5) is 34.5. The van der Waals surface area contributed by atoms with Crippen LogP contribution in [0.25, 0.3) is 11.2 Å². The van der Waals surface area contributed by atoms with E-state index in [1.807, 2.05) is 30.3 Å². The number of aromatic amines is 1. The second kappa shape index (κ2) is 12.0. The van der Waals surface area contributed by atoms with E-state index in [0.717, 1.165) is 24.8 Å². The monoisotopic (exact) mass is 521 g/mol. The normalized spacial score (nSPS) is 15.7. The summed E-state index contributed by atoms with van der Waals surface area (Å²) in [5.41, 5.74) is 6.56. The Labute approximate surface area is 206 Å². The lowest BCUT2D eigenvalue weighted by Crippen LogP contribution is -2.19. The lowest BCUT2D eigenvalue weighted by atomic mass is 9.87. The van der Waals surface area contributed by atoms with Crippen molar-refractivity contribution in [3.63, 3.8) is 0 Å². The minimum Gasteiger partial charge on any atom is -0.369 e. The van der Waals surface area contributed by atoms with Gasteiger partial charge in [-0.2, -0.15) is 4.98 Å². The van der Waals surface area contributed by atoms with Gasteiger partial charge in [-0.25, -0.2) is 4.98 Å². The van der Waals surface area contributed by atoms with Gasteiger partial charge in [0.25, 0.3) is 5.56 Å². The van der Waals surface area contributed by atoms with Gasteiger partial charge in [0.15, 0.2) is 16.3 Å². The smallest absolute Gasteiger partial charge is 0.356 e. The Morgan fingerprint density at radius 1 is 1.23 bits per heavy atom.